The SMILES string of the molecule is CC[C@H](C)NC(=O)c1ccccc1NC(=O)Cc1cccc(C(F)(F)F)c1. The fourth-order valence-corrected chi connectivity index (χ4v) is 2.43. The van der Waals surface area contributed by atoms with Gasteiger partial charge in [0.2, 0.25) is 5.91 Å². The molecule has 0 aromatic heterocycles. The molecule has 144 valence electrons. The molecule has 0 saturated heterocycles. The molecule has 0 fully saturated rings. The van der Waals surface area contributed by atoms with E-state index in [1.165, 1.54) is 12.1 Å². The van der Waals surface area contributed by atoms with Crippen molar-refractivity contribution >= 4 is 17.5 Å². The number of hydrogen-bond acceptors (Lipinski definition) is 2. The number of rotatable bonds is 6. The van der Waals surface area contributed by atoms with Crippen LogP contribution in [0.15, 0.2) is 48.5 Å². The number of anilines is 1. The summed E-state index contributed by atoms with van der Waals surface area (Å²) in [6.07, 6.45) is -3.94. The Morgan fingerprint density at radius 2 is 1.78 bits per heavy atom. The normalized spacial score (nSPS) is 12.3. The second-order valence-electron chi connectivity index (χ2n) is 6.25. The van der Waals surface area contributed by atoms with E-state index in [1.54, 1.807) is 24.3 Å². The molecule has 0 spiro atoms. The molecule has 2 aromatic rings. The highest BCUT2D eigenvalue weighted by molar-refractivity contribution is 6.04. The van der Waals surface area contributed by atoms with Gasteiger partial charge in [0.15, 0.2) is 0 Å². The van der Waals surface area contributed by atoms with Gasteiger partial charge in [-0.05, 0) is 37.1 Å². The van der Waals surface area contributed by atoms with Crippen LogP contribution in [0.3, 0.4) is 0 Å². The highest BCUT2D eigenvalue weighted by Crippen LogP contribution is 2.29. The Bertz CT molecular complexity index is 819. The maximum atomic E-state index is 12.8. The van der Waals surface area contributed by atoms with Gasteiger partial charge < -0.3 is 10.6 Å². The number of benzene rings is 2. The van der Waals surface area contributed by atoms with Crippen LogP contribution >= 0.6 is 0 Å². The molecule has 0 unspecified atom stereocenters. The number of carbonyl (C=O) groups is 2. The number of nitrogens with one attached hydrogen (secondary N) is 2. The highest BCUT2D eigenvalue weighted by atomic mass is 19.4. The van der Waals surface area contributed by atoms with Crippen LogP contribution in [0.5, 0.6) is 0 Å². The number of halogens is 3. The Labute approximate surface area is 155 Å². The van der Waals surface area contributed by atoms with Crippen LogP contribution in [0.1, 0.15) is 41.8 Å². The van der Waals surface area contributed by atoms with Gasteiger partial charge in [0.05, 0.1) is 23.2 Å². The zero-order valence-electron chi connectivity index (χ0n) is 15.1. The molecule has 0 aliphatic heterocycles. The first-order chi connectivity index (χ1) is 12.7. The smallest absolute Gasteiger partial charge is 0.350 e. The predicted octanol–water partition coefficient (Wildman–Crippen LogP) is 4.41. The molecular weight excluding hydrogens is 357 g/mol. The van der Waals surface area contributed by atoms with Crippen molar-refractivity contribution in [2.75, 3.05) is 5.32 Å². The minimum Gasteiger partial charge on any atom is -0.350 e. The van der Waals surface area contributed by atoms with Gasteiger partial charge in [0.1, 0.15) is 0 Å². The van der Waals surface area contributed by atoms with E-state index in [0.717, 1.165) is 18.6 Å². The Balaban J connectivity index is 2.12. The maximum absolute atomic E-state index is 12.8. The largest absolute Gasteiger partial charge is 0.416 e. The van der Waals surface area contributed by atoms with Gasteiger partial charge in [-0.25, -0.2) is 0 Å². The molecule has 0 saturated carbocycles. The van der Waals surface area contributed by atoms with Crippen LogP contribution in [0.4, 0.5) is 18.9 Å². The fraction of sp³-hybridized carbons (Fsp3) is 0.300. The van der Waals surface area contributed by atoms with Crippen molar-refractivity contribution < 1.29 is 22.8 Å². The minimum absolute atomic E-state index is 0.0219. The van der Waals surface area contributed by atoms with Crippen molar-refractivity contribution in [3.8, 4) is 0 Å². The van der Waals surface area contributed by atoms with Crippen LogP contribution in [-0.2, 0) is 17.4 Å². The van der Waals surface area contributed by atoms with E-state index >= 15 is 0 Å². The first-order valence-electron chi connectivity index (χ1n) is 8.56. The Morgan fingerprint density at radius 3 is 2.44 bits per heavy atom. The maximum Gasteiger partial charge on any atom is 0.416 e. The molecule has 2 N–H and O–H groups in total. The van der Waals surface area contributed by atoms with Crippen LogP contribution in [0.25, 0.3) is 0 Å². The molecule has 0 heterocycles. The van der Waals surface area contributed by atoms with Crippen molar-refractivity contribution in [2.45, 2.75) is 38.9 Å². The standard InChI is InChI=1S/C20H21F3N2O2/c1-3-13(2)24-19(27)16-9-4-5-10-17(16)25-18(26)12-14-7-6-8-15(11-14)20(21,22)23/h4-11,13H,3,12H2,1-2H3,(H,24,27)(H,25,26)/t13-/m0/s1. The van der Waals surface area contributed by atoms with Crippen molar-refractivity contribution in [1.82, 2.24) is 5.32 Å². The quantitative estimate of drug-likeness (QED) is 0.782. The van der Waals surface area contributed by atoms with Gasteiger partial charge in [-0.2, -0.15) is 13.2 Å². The summed E-state index contributed by atoms with van der Waals surface area (Å²) >= 11 is 0. The van der Waals surface area contributed by atoms with Gasteiger partial charge in [-0.15, -0.1) is 0 Å². The zero-order valence-corrected chi connectivity index (χ0v) is 15.1. The minimum atomic E-state index is -4.47. The van der Waals surface area contributed by atoms with Gasteiger partial charge in [-0.1, -0.05) is 37.3 Å². The monoisotopic (exact) mass is 378 g/mol. The lowest BCUT2D eigenvalue weighted by Crippen LogP contribution is -2.32. The summed E-state index contributed by atoms with van der Waals surface area (Å²) in [4.78, 5) is 24.6. The topological polar surface area (TPSA) is 58.2 Å². The first kappa shape index (κ1) is 20.5. The summed E-state index contributed by atoms with van der Waals surface area (Å²) in [7, 11) is 0. The van der Waals surface area contributed by atoms with Crippen LogP contribution in [0, 0.1) is 0 Å². The summed E-state index contributed by atoms with van der Waals surface area (Å²) in [5.41, 5.74) is 0.0514. The van der Waals surface area contributed by atoms with E-state index in [2.05, 4.69) is 10.6 Å². The molecule has 27 heavy (non-hydrogen) atoms. The zero-order chi connectivity index (χ0) is 20.0. The average Bonchev–Trinajstić information content (AvgIpc) is 2.61. The van der Waals surface area contributed by atoms with Crippen LogP contribution < -0.4 is 10.6 Å². The molecule has 0 aliphatic rings. The fourth-order valence-electron chi connectivity index (χ4n) is 2.43. The van der Waals surface area contributed by atoms with Crippen molar-refractivity contribution in [2.24, 2.45) is 0 Å². The lowest BCUT2D eigenvalue weighted by molar-refractivity contribution is -0.137. The molecule has 2 aromatic carbocycles. The van der Waals surface area contributed by atoms with E-state index in [9.17, 15) is 22.8 Å². The number of hydrogen-bond donors (Lipinski definition) is 2. The molecule has 0 bridgehead atoms. The summed E-state index contributed by atoms with van der Waals surface area (Å²) in [5, 5.41) is 5.43. The van der Waals surface area contributed by atoms with E-state index in [-0.39, 0.29) is 23.9 Å². The molecule has 2 amide bonds. The van der Waals surface area contributed by atoms with E-state index in [4.69, 9.17) is 0 Å². The average molecular weight is 378 g/mol. The summed E-state index contributed by atoms with van der Waals surface area (Å²) in [5.74, 6) is -0.822. The third-order valence-electron chi connectivity index (χ3n) is 4.05. The molecular formula is C20H21F3N2O2. The first-order valence-corrected chi connectivity index (χ1v) is 8.56. The Kier molecular flexibility index (Phi) is 6.60. The lowest BCUT2D eigenvalue weighted by atomic mass is 10.1. The molecule has 2 rings (SSSR count). The number of para-hydroxylation sites is 1. The van der Waals surface area contributed by atoms with Gasteiger partial charge in [-0.3, -0.25) is 9.59 Å². The van der Waals surface area contributed by atoms with Crippen LogP contribution in [-0.4, -0.2) is 17.9 Å². The van der Waals surface area contributed by atoms with Gasteiger partial charge in [0, 0.05) is 6.04 Å². The van der Waals surface area contributed by atoms with E-state index in [0.29, 0.717) is 11.3 Å². The molecule has 7 heteroatoms. The Hall–Kier alpha value is -2.83. The second kappa shape index (κ2) is 8.70. The molecule has 4 nitrogen and oxygen atoms in total. The van der Waals surface area contributed by atoms with Crippen molar-refractivity contribution in [1.29, 1.82) is 0 Å². The van der Waals surface area contributed by atoms with E-state index in [1.807, 2.05) is 13.8 Å². The molecule has 0 radical (unpaired) electrons. The highest BCUT2D eigenvalue weighted by Gasteiger charge is 2.30. The second-order valence-corrected chi connectivity index (χ2v) is 6.25. The summed E-state index contributed by atoms with van der Waals surface area (Å²) in [6.45, 7) is 3.81. The summed E-state index contributed by atoms with van der Waals surface area (Å²) < 4.78 is 38.3. The molecule has 0 aliphatic carbocycles. The van der Waals surface area contributed by atoms with Crippen LogP contribution in [0.2, 0.25) is 0 Å². The summed E-state index contributed by atoms with van der Waals surface area (Å²) in [6, 6.07) is 11.1. The number of amides is 2. The van der Waals surface area contributed by atoms with Gasteiger partial charge in [0.25, 0.3) is 5.91 Å². The van der Waals surface area contributed by atoms with Crippen molar-refractivity contribution in [3.05, 3.63) is 65.2 Å². The van der Waals surface area contributed by atoms with Gasteiger partial charge >= 0.3 is 6.18 Å². The predicted molar refractivity (Wildman–Crippen MR) is 97.4 cm³/mol. The lowest BCUT2D eigenvalue weighted by Gasteiger charge is -2.15. The Morgan fingerprint density at radius 1 is 1.07 bits per heavy atom. The van der Waals surface area contributed by atoms with Crippen molar-refractivity contribution in [3.63, 3.8) is 0 Å². The number of carbonyl (C=O) groups excluding carboxylic acids is 2. The number of alkyl halides is 3. The molecule has 1 atom stereocenters. The third-order valence-corrected chi connectivity index (χ3v) is 4.05. The van der Waals surface area contributed by atoms with E-state index < -0.39 is 17.6 Å². The third kappa shape index (κ3) is 5.84.